The minimum absolute atomic E-state index is 0.0745. The summed E-state index contributed by atoms with van der Waals surface area (Å²) < 4.78 is 11.2. The molecule has 5 nitrogen and oxygen atoms in total. The molecule has 0 aliphatic carbocycles. The Labute approximate surface area is 128 Å². The lowest BCUT2D eigenvalue weighted by molar-refractivity contribution is 0.171. The number of phenols is 1. The molecule has 112 valence electrons. The van der Waals surface area contributed by atoms with Gasteiger partial charge in [0.05, 0.1) is 11.8 Å². The van der Waals surface area contributed by atoms with Gasteiger partial charge in [-0.1, -0.05) is 18.2 Å². The van der Waals surface area contributed by atoms with Gasteiger partial charge in [0.25, 0.3) is 0 Å². The fourth-order valence-corrected chi connectivity index (χ4v) is 2.80. The first-order valence-corrected chi connectivity index (χ1v) is 7.31. The highest BCUT2D eigenvalue weighted by atomic mass is 16.6. The van der Waals surface area contributed by atoms with Crippen LogP contribution in [0.5, 0.6) is 17.2 Å². The molecular weight excluding hydrogens is 280 g/mol. The van der Waals surface area contributed by atoms with E-state index in [4.69, 9.17) is 9.47 Å². The molecule has 0 fully saturated rings. The molecule has 4 rings (SSSR count). The summed E-state index contributed by atoms with van der Waals surface area (Å²) in [6.07, 6.45) is 0.719. The maximum Gasteiger partial charge on any atom is 0.161 e. The number of nitrogens with zero attached hydrogens (tertiary/aromatic N) is 1. The molecule has 2 aliphatic rings. The number of aromatic hydroxyl groups is 1. The molecule has 0 spiro atoms. The van der Waals surface area contributed by atoms with Crippen LogP contribution < -0.4 is 14.9 Å². The van der Waals surface area contributed by atoms with E-state index in [1.54, 1.807) is 12.1 Å². The second-order valence-corrected chi connectivity index (χ2v) is 5.36. The van der Waals surface area contributed by atoms with Crippen LogP contribution in [0.3, 0.4) is 0 Å². The third-order valence-corrected chi connectivity index (χ3v) is 3.94. The van der Waals surface area contributed by atoms with Gasteiger partial charge in [-0.3, -0.25) is 0 Å². The van der Waals surface area contributed by atoms with Crippen molar-refractivity contribution in [2.45, 2.75) is 12.5 Å². The Kier molecular flexibility index (Phi) is 3.11. The lowest BCUT2D eigenvalue weighted by atomic mass is 9.98. The maximum atomic E-state index is 9.94. The van der Waals surface area contributed by atoms with E-state index < -0.39 is 0 Å². The number of hydrazone groups is 1. The van der Waals surface area contributed by atoms with Gasteiger partial charge >= 0.3 is 0 Å². The van der Waals surface area contributed by atoms with E-state index in [2.05, 4.69) is 10.5 Å². The molecule has 22 heavy (non-hydrogen) atoms. The highest BCUT2D eigenvalue weighted by Crippen LogP contribution is 2.35. The van der Waals surface area contributed by atoms with E-state index in [-0.39, 0.29) is 11.8 Å². The number of hydrogen-bond acceptors (Lipinski definition) is 5. The number of fused-ring (bicyclic) bond motifs is 1. The fourth-order valence-electron chi connectivity index (χ4n) is 2.80. The van der Waals surface area contributed by atoms with E-state index in [0.717, 1.165) is 34.8 Å². The molecule has 2 aromatic rings. The van der Waals surface area contributed by atoms with Gasteiger partial charge in [-0.2, -0.15) is 5.10 Å². The summed E-state index contributed by atoms with van der Waals surface area (Å²) >= 11 is 0. The molecule has 1 unspecified atom stereocenters. The van der Waals surface area contributed by atoms with Crippen molar-refractivity contribution in [3.63, 3.8) is 0 Å². The zero-order valence-electron chi connectivity index (χ0n) is 12.0. The van der Waals surface area contributed by atoms with E-state index in [1.165, 1.54) is 0 Å². The van der Waals surface area contributed by atoms with Crippen molar-refractivity contribution in [1.29, 1.82) is 0 Å². The summed E-state index contributed by atoms with van der Waals surface area (Å²) in [6.45, 7) is 1.17. The Balaban J connectivity index is 1.56. The minimum atomic E-state index is 0.0745. The average molecular weight is 296 g/mol. The third kappa shape index (κ3) is 2.24. The lowest BCUT2D eigenvalue weighted by Gasteiger charge is -2.20. The number of phenolic OH excluding ortho intramolecular Hbond substituents is 1. The number of para-hydroxylation sites is 1. The Morgan fingerprint density at radius 2 is 1.86 bits per heavy atom. The first-order chi connectivity index (χ1) is 10.8. The molecule has 0 aromatic heterocycles. The predicted octanol–water partition coefficient (Wildman–Crippen LogP) is 2.60. The molecule has 5 heteroatoms. The maximum absolute atomic E-state index is 9.94. The summed E-state index contributed by atoms with van der Waals surface area (Å²) in [5.74, 6) is 1.82. The predicted molar refractivity (Wildman–Crippen MR) is 82.6 cm³/mol. The summed E-state index contributed by atoms with van der Waals surface area (Å²) in [4.78, 5) is 0. The van der Waals surface area contributed by atoms with Gasteiger partial charge in [0.1, 0.15) is 19.0 Å². The smallest absolute Gasteiger partial charge is 0.161 e. The van der Waals surface area contributed by atoms with Gasteiger partial charge in [-0.05, 0) is 29.8 Å². The van der Waals surface area contributed by atoms with Crippen LogP contribution in [0.25, 0.3) is 0 Å². The van der Waals surface area contributed by atoms with E-state index >= 15 is 0 Å². The second-order valence-electron chi connectivity index (χ2n) is 5.36. The van der Waals surface area contributed by atoms with Gasteiger partial charge in [0.2, 0.25) is 0 Å². The molecule has 0 radical (unpaired) electrons. The van der Waals surface area contributed by atoms with Crippen LogP contribution >= 0.6 is 0 Å². The first kappa shape index (κ1) is 13.0. The SMILES string of the molecule is Oc1ccccc1C1=NNC(c2ccc3c(c2)OCCO3)C1. The number of nitrogens with one attached hydrogen (secondary N) is 1. The lowest BCUT2D eigenvalue weighted by Crippen LogP contribution is -2.16. The van der Waals surface area contributed by atoms with Crippen LogP contribution in [-0.2, 0) is 0 Å². The molecule has 0 saturated heterocycles. The molecule has 0 amide bonds. The normalized spacial score (nSPS) is 19.5. The van der Waals surface area contributed by atoms with Crippen molar-refractivity contribution in [3.8, 4) is 17.2 Å². The first-order valence-electron chi connectivity index (χ1n) is 7.31. The Morgan fingerprint density at radius 1 is 1.05 bits per heavy atom. The Hall–Kier alpha value is -2.69. The molecular formula is C17H16N2O3. The van der Waals surface area contributed by atoms with Crippen LogP contribution in [0.15, 0.2) is 47.6 Å². The van der Waals surface area contributed by atoms with Gasteiger partial charge in [0, 0.05) is 12.0 Å². The van der Waals surface area contributed by atoms with Crippen molar-refractivity contribution in [2.24, 2.45) is 5.10 Å². The summed E-state index contributed by atoms with van der Waals surface area (Å²) in [6, 6.07) is 13.3. The number of rotatable bonds is 2. The van der Waals surface area contributed by atoms with Crippen molar-refractivity contribution in [2.75, 3.05) is 13.2 Å². The highest BCUT2D eigenvalue weighted by molar-refractivity contribution is 6.03. The molecule has 0 saturated carbocycles. The van der Waals surface area contributed by atoms with Gasteiger partial charge in [-0.15, -0.1) is 0 Å². The van der Waals surface area contributed by atoms with E-state index in [1.807, 2.05) is 30.3 Å². The molecule has 2 aliphatic heterocycles. The van der Waals surface area contributed by atoms with E-state index in [0.29, 0.717) is 13.2 Å². The summed E-state index contributed by atoms with van der Waals surface area (Å²) in [7, 11) is 0. The molecule has 2 N–H and O–H groups in total. The topological polar surface area (TPSA) is 63.1 Å². The van der Waals surface area contributed by atoms with Crippen LogP contribution in [0.2, 0.25) is 0 Å². The zero-order chi connectivity index (χ0) is 14.9. The van der Waals surface area contributed by atoms with Crippen LogP contribution in [-0.4, -0.2) is 24.0 Å². The summed E-state index contributed by atoms with van der Waals surface area (Å²) in [5, 5.41) is 14.3. The molecule has 2 aromatic carbocycles. The van der Waals surface area contributed by atoms with Crippen molar-refractivity contribution in [1.82, 2.24) is 5.43 Å². The Morgan fingerprint density at radius 3 is 2.73 bits per heavy atom. The zero-order valence-corrected chi connectivity index (χ0v) is 12.0. The molecule has 2 heterocycles. The molecule has 1 atom stereocenters. The third-order valence-electron chi connectivity index (χ3n) is 3.94. The van der Waals surface area contributed by atoms with Crippen molar-refractivity contribution < 1.29 is 14.6 Å². The summed E-state index contributed by atoms with van der Waals surface area (Å²) in [5.41, 5.74) is 5.86. The van der Waals surface area contributed by atoms with E-state index in [9.17, 15) is 5.11 Å². The average Bonchev–Trinajstić information content (AvgIpc) is 3.04. The number of hydrogen-bond donors (Lipinski definition) is 2. The number of benzene rings is 2. The van der Waals surface area contributed by atoms with Gasteiger partial charge in [0.15, 0.2) is 11.5 Å². The second kappa shape index (κ2) is 5.26. The van der Waals surface area contributed by atoms with Gasteiger partial charge in [-0.25, -0.2) is 0 Å². The van der Waals surface area contributed by atoms with Crippen molar-refractivity contribution in [3.05, 3.63) is 53.6 Å². The monoisotopic (exact) mass is 296 g/mol. The minimum Gasteiger partial charge on any atom is -0.507 e. The van der Waals surface area contributed by atoms with Crippen molar-refractivity contribution >= 4 is 5.71 Å². The number of ether oxygens (including phenoxy) is 2. The largest absolute Gasteiger partial charge is 0.507 e. The Bertz CT molecular complexity index is 742. The standard InChI is InChI=1S/C17H16N2O3/c20-15-4-2-1-3-12(15)14-10-13(18-19-14)11-5-6-16-17(9-11)22-8-7-21-16/h1-6,9,13,18,20H,7-8,10H2. The van der Waals surface area contributed by atoms with Crippen LogP contribution in [0.1, 0.15) is 23.6 Å². The fraction of sp³-hybridized carbons (Fsp3) is 0.235. The quantitative estimate of drug-likeness (QED) is 0.894. The van der Waals surface area contributed by atoms with Crippen LogP contribution in [0, 0.1) is 0 Å². The highest BCUT2D eigenvalue weighted by Gasteiger charge is 2.24. The van der Waals surface area contributed by atoms with Crippen LogP contribution in [0.4, 0.5) is 0 Å². The van der Waals surface area contributed by atoms with Gasteiger partial charge < -0.3 is 20.0 Å². The molecule has 0 bridgehead atoms.